The van der Waals surface area contributed by atoms with Crippen LogP contribution in [0.1, 0.15) is 12.5 Å². The first-order valence-electron chi connectivity index (χ1n) is 4.24. The van der Waals surface area contributed by atoms with E-state index >= 15 is 0 Å². The Bertz CT molecular complexity index is 286. The van der Waals surface area contributed by atoms with Crippen LogP contribution in [0.15, 0.2) is 18.2 Å². The Morgan fingerprint density at radius 2 is 2.23 bits per heavy atom. The zero-order valence-electron chi connectivity index (χ0n) is 7.88. The van der Waals surface area contributed by atoms with E-state index in [9.17, 15) is 4.39 Å². The Labute approximate surface area is 77.5 Å². The first kappa shape index (κ1) is 9.99. The second-order valence-corrected chi connectivity index (χ2v) is 3.22. The van der Waals surface area contributed by atoms with Gasteiger partial charge in [0.1, 0.15) is 6.61 Å². The first-order valence-corrected chi connectivity index (χ1v) is 4.24. The Morgan fingerprint density at radius 1 is 1.54 bits per heavy atom. The number of halogens is 1. The van der Waals surface area contributed by atoms with Gasteiger partial charge in [-0.1, -0.05) is 6.07 Å². The van der Waals surface area contributed by atoms with Gasteiger partial charge in [-0.25, -0.2) is 4.39 Å². The molecule has 0 aliphatic carbocycles. The van der Waals surface area contributed by atoms with Gasteiger partial charge < -0.3 is 10.5 Å². The number of hydrogen-bond donors (Lipinski definition) is 1. The van der Waals surface area contributed by atoms with Crippen molar-refractivity contribution < 1.29 is 9.13 Å². The van der Waals surface area contributed by atoms with Gasteiger partial charge in [-0.3, -0.25) is 0 Å². The Morgan fingerprint density at radius 3 is 2.85 bits per heavy atom. The molecule has 0 amide bonds. The third kappa shape index (κ3) is 3.03. The van der Waals surface area contributed by atoms with Crippen molar-refractivity contribution in [3.63, 3.8) is 0 Å². The highest BCUT2D eigenvalue weighted by atomic mass is 19.1. The molecule has 13 heavy (non-hydrogen) atoms. The normalized spacial score (nSPS) is 12.6. The Kier molecular flexibility index (Phi) is 3.25. The summed E-state index contributed by atoms with van der Waals surface area (Å²) in [5.74, 6) is -0.0662. The number of nitrogens with two attached hydrogens (primary N) is 1. The minimum atomic E-state index is -0.341. The van der Waals surface area contributed by atoms with E-state index < -0.39 is 0 Å². The summed E-state index contributed by atoms with van der Waals surface area (Å²) in [6.07, 6.45) is 0. The highest BCUT2D eigenvalue weighted by Crippen LogP contribution is 2.18. The molecule has 1 unspecified atom stereocenters. The van der Waals surface area contributed by atoms with E-state index in [1.807, 2.05) is 13.8 Å². The van der Waals surface area contributed by atoms with E-state index in [1.54, 1.807) is 12.1 Å². The molecule has 1 rings (SSSR count). The van der Waals surface area contributed by atoms with Crippen molar-refractivity contribution in [2.24, 2.45) is 5.73 Å². The smallest absolute Gasteiger partial charge is 0.165 e. The molecule has 1 atom stereocenters. The number of hydrogen-bond acceptors (Lipinski definition) is 2. The minimum Gasteiger partial charge on any atom is -0.489 e. The van der Waals surface area contributed by atoms with Crippen LogP contribution in [-0.2, 0) is 0 Å². The summed E-state index contributed by atoms with van der Waals surface area (Å²) in [7, 11) is 0. The monoisotopic (exact) mass is 183 g/mol. The molecule has 0 aliphatic rings. The van der Waals surface area contributed by atoms with Gasteiger partial charge in [-0.2, -0.15) is 0 Å². The summed E-state index contributed by atoms with van der Waals surface area (Å²) in [4.78, 5) is 0. The third-order valence-corrected chi connectivity index (χ3v) is 1.59. The highest BCUT2D eigenvalue weighted by molar-refractivity contribution is 5.29. The second-order valence-electron chi connectivity index (χ2n) is 3.22. The number of benzene rings is 1. The van der Waals surface area contributed by atoms with Gasteiger partial charge in [0.2, 0.25) is 0 Å². The minimum absolute atomic E-state index is 0.0834. The molecule has 3 heteroatoms. The van der Waals surface area contributed by atoms with Crippen LogP contribution in [0.3, 0.4) is 0 Å². The lowest BCUT2D eigenvalue weighted by Crippen LogP contribution is -2.23. The molecule has 0 bridgehead atoms. The number of ether oxygens (including phenoxy) is 1. The van der Waals surface area contributed by atoms with E-state index in [4.69, 9.17) is 10.5 Å². The molecule has 0 heterocycles. The van der Waals surface area contributed by atoms with Crippen LogP contribution in [-0.4, -0.2) is 12.6 Å². The molecule has 72 valence electrons. The summed E-state index contributed by atoms with van der Waals surface area (Å²) in [5.41, 5.74) is 6.45. The standard InChI is InChI=1S/C10H14FNO/c1-7-3-4-9(11)10(5-7)13-6-8(2)12/h3-5,8H,6,12H2,1-2H3. The molecule has 1 aromatic carbocycles. The second kappa shape index (κ2) is 4.23. The largest absolute Gasteiger partial charge is 0.489 e. The molecule has 0 spiro atoms. The van der Waals surface area contributed by atoms with E-state index in [-0.39, 0.29) is 17.6 Å². The summed E-state index contributed by atoms with van der Waals surface area (Å²) in [6, 6.07) is 4.68. The van der Waals surface area contributed by atoms with Crippen molar-refractivity contribution in [3.05, 3.63) is 29.6 Å². The number of aryl methyl sites for hydroxylation is 1. The predicted molar refractivity (Wildman–Crippen MR) is 50.3 cm³/mol. The number of rotatable bonds is 3. The topological polar surface area (TPSA) is 35.2 Å². The van der Waals surface area contributed by atoms with Crippen LogP contribution < -0.4 is 10.5 Å². The van der Waals surface area contributed by atoms with E-state index in [0.717, 1.165) is 5.56 Å². The average molecular weight is 183 g/mol. The predicted octanol–water partition coefficient (Wildman–Crippen LogP) is 1.86. The summed E-state index contributed by atoms with van der Waals surface area (Å²) in [5, 5.41) is 0. The molecule has 0 aromatic heterocycles. The zero-order chi connectivity index (χ0) is 9.84. The van der Waals surface area contributed by atoms with Gasteiger partial charge in [-0.15, -0.1) is 0 Å². The fraction of sp³-hybridized carbons (Fsp3) is 0.400. The van der Waals surface area contributed by atoms with Crippen LogP contribution in [0.4, 0.5) is 4.39 Å². The Balaban J connectivity index is 2.70. The SMILES string of the molecule is Cc1ccc(F)c(OCC(C)N)c1. The van der Waals surface area contributed by atoms with Crippen molar-refractivity contribution >= 4 is 0 Å². The lowest BCUT2D eigenvalue weighted by molar-refractivity contribution is 0.282. The summed E-state index contributed by atoms with van der Waals surface area (Å²) in [6.45, 7) is 4.03. The lowest BCUT2D eigenvalue weighted by Gasteiger charge is -2.09. The summed E-state index contributed by atoms with van der Waals surface area (Å²) >= 11 is 0. The van der Waals surface area contributed by atoms with Gasteiger partial charge in [0.25, 0.3) is 0 Å². The maximum absolute atomic E-state index is 13.1. The van der Waals surface area contributed by atoms with Crippen molar-refractivity contribution in [3.8, 4) is 5.75 Å². The molecule has 0 saturated heterocycles. The van der Waals surface area contributed by atoms with E-state index in [2.05, 4.69) is 0 Å². The molecule has 0 aliphatic heterocycles. The fourth-order valence-corrected chi connectivity index (χ4v) is 0.942. The molecular weight excluding hydrogens is 169 g/mol. The van der Waals surface area contributed by atoms with Crippen molar-refractivity contribution in [1.29, 1.82) is 0 Å². The first-order chi connectivity index (χ1) is 6.09. The van der Waals surface area contributed by atoms with Crippen LogP contribution in [0.2, 0.25) is 0 Å². The van der Waals surface area contributed by atoms with Crippen LogP contribution in [0.25, 0.3) is 0 Å². The molecule has 2 N–H and O–H groups in total. The quantitative estimate of drug-likeness (QED) is 0.776. The van der Waals surface area contributed by atoms with Crippen molar-refractivity contribution in [2.45, 2.75) is 19.9 Å². The lowest BCUT2D eigenvalue weighted by atomic mass is 10.2. The molecule has 0 fully saturated rings. The van der Waals surface area contributed by atoms with Crippen LogP contribution in [0.5, 0.6) is 5.75 Å². The zero-order valence-corrected chi connectivity index (χ0v) is 7.88. The molecular formula is C10H14FNO. The summed E-state index contributed by atoms with van der Waals surface area (Å²) < 4.78 is 18.2. The van der Waals surface area contributed by atoms with Crippen LogP contribution in [0, 0.1) is 12.7 Å². The Hall–Kier alpha value is -1.09. The van der Waals surface area contributed by atoms with Gasteiger partial charge in [0, 0.05) is 6.04 Å². The van der Waals surface area contributed by atoms with E-state index in [1.165, 1.54) is 6.07 Å². The van der Waals surface area contributed by atoms with Crippen LogP contribution >= 0.6 is 0 Å². The molecule has 2 nitrogen and oxygen atoms in total. The van der Waals surface area contributed by atoms with Crippen molar-refractivity contribution in [1.82, 2.24) is 0 Å². The van der Waals surface area contributed by atoms with Gasteiger partial charge in [0.05, 0.1) is 0 Å². The van der Waals surface area contributed by atoms with E-state index in [0.29, 0.717) is 6.61 Å². The van der Waals surface area contributed by atoms with Crippen molar-refractivity contribution in [2.75, 3.05) is 6.61 Å². The van der Waals surface area contributed by atoms with Gasteiger partial charge >= 0.3 is 0 Å². The highest BCUT2D eigenvalue weighted by Gasteiger charge is 2.03. The fourth-order valence-electron chi connectivity index (χ4n) is 0.942. The maximum Gasteiger partial charge on any atom is 0.165 e. The maximum atomic E-state index is 13.1. The van der Waals surface area contributed by atoms with Gasteiger partial charge in [0.15, 0.2) is 11.6 Å². The third-order valence-electron chi connectivity index (χ3n) is 1.59. The molecule has 0 saturated carbocycles. The average Bonchev–Trinajstić information content (AvgIpc) is 2.06. The molecule has 0 radical (unpaired) electrons. The molecule has 1 aromatic rings. The van der Waals surface area contributed by atoms with Gasteiger partial charge in [-0.05, 0) is 31.5 Å².